The Kier molecular flexibility index (Phi) is 4.79. The van der Waals surface area contributed by atoms with Gasteiger partial charge in [-0.1, -0.05) is 12.1 Å². The number of furan rings is 1. The van der Waals surface area contributed by atoms with Crippen LogP contribution < -0.4 is 5.32 Å². The highest BCUT2D eigenvalue weighted by molar-refractivity contribution is 14.1. The van der Waals surface area contributed by atoms with Crippen molar-refractivity contribution in [2.45, 2.75) is 0 Å². The first kappa shape index (κ1) is 15.1. The lowest BCUT2D eigenvalue weighted by molar-refractivity contribution is -0.115. The summed E-state index contributed by atoms with van der Waals surface area (Å²) in [6.45, 7) is 0. The molecule has 1 aromatic carbocycles. The Hall–Kier alpha value is -1.80. The second kappa shape index (κ2) is 6.97. The third-order valence-electron chi connectivity index (χ3n) is 2.74. The van der Waals surface area contributed by atoms with E-state index in [1.807, 2.05) is 36.4 Å². The van der Waals surface area contributed by atoms with Crippen LogP contribution in [0.1, 0.15) is 5.76 Å². The molecule has 2 heterocycles. The maximum absolute atomic E-state index is 11.9. The number of nitrogens with zero attached hydrogens (tertiary/aromatic N) is 1. The van der Waals surface area contributed by atoms with Gasteiger partial charge >= 0.3 is 0 Å². The lowest BCUT2D eigenvalue weighted by Crippen LogP contribution is -2.19. The van der Waals surface area contributed by atoms with Crippen LogP contribution >= 0.6 is 34.4 Å². The van der Waals surface area contributed by atoms with Gasteiger partial charge in [0, 0.05) is 3.57 Å². The standard InChI is InChI=1S/C16H11IN2O2S/c17-11-4-1-5-12(10-11)18-16-19-15(20)14(22-16)8-2-6-13-7-3-9-21-13/h1-10H,(H,18,19,20)/b6-2+,14-8+. The molecule has 0 unspecified atom stereocenters. The van der Waals surface area contributed by atoms with Gasteiger partial charge in [0.1, 0.15) is 5.76 Å². The summed E-state index contributed by atoms with van der Waals surface area (Å²) in [5.74, 6) is 0.603. The minimum atomic E-state index is -0.140. The molecule has 1 fully saturated rings. The van der Waals surface area contributed by atoms with E-state index in [4.69, 9.17) is 4.42 Å². The molecule has 1 aliphatic heterocycles. The van der Waals surface area contributed by atoms with Crippen molar-refractivity contribution >= 4 is 57.2 Å². The molecule has 1 saturated heterocycles. The highest BCUT2D eigenvalue weighted by Crippen LogP contribution is 2.26. The molecular weight excluding hydrogens is 411 g/mol. The normalized spacial score (nSPS) is 18.5. The second-order valence-corrected chi connectivity index (χ2v) is 6.63. The number of halogens is 1. The SMILES string of the molecule is O=C1NC(=Nc2cccc(I)c2)S/C1=C/C=C/c1ccco1. The minimum absolute atomic E-state index is 0.140. The van der Waals surface area contributed by atoms with Gasteiger partial charge in [-0.3, -0.25) is 4.79 Å². The van der Waals surface area contributed by atoms with E-state index in [0.717, 1.165) is 15.0 Å². The molecule has 0 spiro atoms. The topological polar surface area (TPSA) is 54.6 Å². The van der Waals surface area contributed by atoms with E-state index >= 15 is 0 Å². The van der Waals surface area contributed by atoms with Crippen molar-refractivity contribution in [3.63, 3.8) is 0 Å². The van der Waals surface area contributed by atoms with Crippen molar-refractivity contribution in [1.82, 2.24) is 5.32 Å². The molecule has 0 bridgehead atoms. The van der Waals surface area contributed by atoms with E-state index < -0.39 is 0 Å². The minimum Gasteiger partial charge on any atom is -0.465 e. The Labute approximate surface area is 145 Å². The van der Waals surface area contributed by atoms with Crippen LogP contribution in [-0.2, 0) is 4.79 Å². The van der Waals surface area contributed by atoms with E-state index in [-0.39, 0.29) is 5.91 Å². The number of thioether (sulfide) groups is 1. The average Bonchev–Trinajstić information content (AvgIpc) is 3.10. The summed E-state index contributed by atoms with van der Waals surface area (Å²) >= 11 is 3.55. The number of allylic oxidation sites excluding steroid dienone is 2. The summed E-state index contributed by atoms with van der Waals surface area (Å²) in [5.41, 5.74) is 0.821. The summed E-state index contributed by atoms with van der Waals surface area (Å²) in [7, 11) is 0. The van der Waals surface area contributed by atoms with Gasteiger partial charge in [-0.05, 0) is 76.8 Å². The summed E-state index contributed by atoms with van der Waals surface area (Å²) in [6, 6.07) is 11.5. The highest BCUT2D eigenvalue weighted by atomic mass is 127. The third kappa shape index (κ3) is 3.89. The van der Waals surface area contributed by atoms with E-state index in [0.29, 0.717) is 10.1 Å². The fourth-order valence-corrected chi connectivity index (χ4v) is 3.09. The Morgan fingerprint density at radius 1 is 1.27 bits per heavy atom. The van der Waals surface area contributed by atoms with Crippen molar-refractivity contribution in [2.24, 2.45) is 4.99 Å². The Morgan fingerprint density at radius 2 is 2.18 bits per heavy atom. The van der Waals surface area contributed by atoms with Crippen molar-refractivity contribution in [1.29, 1.82) is 0 Å². The smallest absolute Gasteiger partial charge is 0.264 e. The van der Waals surface area contributed by atoms with Crippen LogP contribution in [0.25, 0.3) is 6.08 Å². The maximum Gasteiger partial charge on any atom is 0.264 e. The predicted octanol–water partition coefficient (Wildman–Crippen LogP) is 4.33. The number of nitrogens with one attached hydrogen (secondary N) is 1. The van der Waals surface area contributed by atoms with E-state index in [9.17, 15) is 4.79 Å². The van der Waals surface area contributed by atoms with Gasteiger partial charge in [0.2, 0.25) is 0 Å². The molecule has 1 aliphatic rings. The number of carbonyl (C=O) groups is 1. The number of amidine groups is 1. The number of carbonyl (C=O) groups excluding carboxylic acids is 1. The lowest BCUT2D eigenvalue weighted by atomic mass is 10.3. The lowest BCUT2D eigenvalue weighted by Gasteiger charge is -1.96. The molecule has 110 valence electrons. The summed E-state index contributed by atoms with van der Waals surface area (Å²) in [5, 5.41) is 3.35. The van der Waals surface area contributed by atoms with Crippen molar-refractivity contribution in [3.8, 4) is 0 Å². The van der Waals surface area contributed by atoms with Crippen LogP contribution in [0.15, 0.2) is 69.1 Å². The Bertz CT molecular complexity index is 779. The fourth-order valence-electron chi connectivity index (χ4n) is 1.77. The molecule has 3 rings (SSSR count). The number of hydrogen-bond acceptors (Lipinski definition) is 4. The number of amides is 1. The van der Waals surface area contributed by atoms with Crippen LogP contribution in [0, 0.1) is 3.57 Å². The molecule has 4 nitrogen and oxygen atoms in total. The zero-order valence-electron chi connectivity index (χ0n) is 11.3. The largest absolute Gasteiger partial charge is 0.465 e. The second-order valence-electron chi connectivity index (χ2n) is 4.36. The van der Waals surface area contributed by atoms with Gasteiger partial charge < -0.3 is 9.73 Å². The van der Waals surface area contributed by atoms with Gasteiger partial charge in [0.15, 0.2) is 5.17 Å². The number of benzene rings is 1. The first-order valence-electron chi connectivity index (χ1n) is 6.46. The summed E-state index contributed by atoms with van der Waals surface area (Å²) < 4.78 is 6.29. The van der Waals surface area contributed by atoms with Crippen LogP contribution in [0.4, 0.5) is 5.69 Å². The molecule has 6 heteroatoms. The molecule has 22 heavy (non-hydrogen) atoms. The average molecular weight is 422 g/mol. The van der Waals surface area contributed by atoms with Gasteiger partial charge in [0.05, 0.1) is 16.9 Å². The molecule has 0 aliphatic carbocycles. The quantitative estimate of drug-likeness (QED) is 0.592. The first-order valence-corrected chi connectivity index (χ1v) is 8.35. The zero-order chi connectivity index (χ0) is 15.4. The summed E-state index contributed by atoms with van der Waals surface area (Å²) in [6.07, 6.45) is 6.94. The van der Waals surface area contributed by atoms with Gasteiger partial charge in [-0.15, -0.1) is 0 Å². The van der Waals surface area contributed by atoms with Gasteiger partial charge in [-0.25, -0.2) is 4.99 Å². The van der Waals surface area contributed by atoms with Crippen LogP contribution in [0.5, 0.6) is 0 Å². The molecule has 0 radical (unpaired) electrons. The van der Waals surface area contributed by atoms with Crippen LogP contribution in [0.3, 0.4) is 0 Å². The van der Waals surface area contributed by atoms with Crippen LogP contribution in [-0.4, -0.2) is 11.1 Å². The van der Waals surface area contributed by atoms with Crippen molar-refractivity contribution < 1.29 is 9.21 Å². The predicted molar refractivity (Wildman–Crippen MR) is 97.8 cm³/mol. The van der Waals surface area contributed by atoms with E-state index in [2.05, 4.69) is 32.9 Å². The molecule has 1 N–H and O–H groups in total. The van der Waals surface area contributed by atoms with E-state index in [1.165, 1.54) is 11.8 Å². The number of hydrogen-bond donors (Lipinski definition) is 1. The maximum atomic E-state index is 11.9. The van der Waals surface area contributed by atoms with Crippen LogP contribution in [0.2, 0.25) is 0 Å². The molecule has 1 aromatic heterocycles. The highest BCUT2D eigenvalue weighted by Gasteiger charge is 2.23. The molecule has 0 atom stereocenters. The number of aliphatic imine (C=N–C) groups is 1. The number of rotatable bonds is 3. The molecule has 1 amide bonds. The van der Waals surface area contributed by atoms with Crippen molar-refractivity contribution in [3.05, 3.63) is 69.0 Å². The third-order valence-corrected chi connectivity index (χ3v) is 4.34. The fraction of sp³-hybridized carbons (Fsp3) is 0. The first-order chi connectivity index (χ1) is 10.7. The zero-order valence-corrected chi connectivity index (χ0v) is 14.3. The van der Waals surface area contributed by atoms with Gasteiger partial charge in [-0.2, -0.15) is 0 Å². The van der Waals surface area contributed by atoms with Gasteiger partial charge in [0.25, 0.3) is 5.91 Å². The molecule has 0 saturated carbocycles. The Morgan fingerprint density at radius 3 is 2.95 bits per heavy atom. The Balaban J connectivity index is 1.73. The van der Waals surface area contributed by atoms with E-state index in [1.54, 1.807) is 24.5 Å². The summed E-state index contributed by atoms with van der Waals surface area (Å²) in [4.78, 5) is 16.9. The van der Waals surface area contributed by atoms with Crippen molar-refractivity contribution in [2.75, 3.05) is 0 Å². The molecular formula is C16H11IN2O2S. The monoisotopic (exact) mass is 422 g/mol. The molecule has 2 aromatic rings.